The quantitative estimate of drug-likeness (QED) is 0.774. The lowest BCUT2D eigenvalue weighted by Crippen LogP contribution is -2.32. The molecule has 0 aromatic heterocycles. The first-order valence-electron chi connectivity index (χ1n) is 6.62. The first-order chi connectivity index (χ1) is 9.02. The molecule has 4 nitrogen and oxygen atoms in total. The molecule has 112 valence electrons. The van der Waals surface area contributed by atoms with Crippen molar-refractivity contribution in [2.75, 3.05) is 7.11 Å². The van der Waals surface area contributed by atoms with Crippen molar-refractivity contribution < 1.29 is 18.4 Å². The lowest BCUT2D eigenvalue weighted by Gasteiger charge is -2.23. The van der Waals surface area contributed by atoms with Crippen molar-refractivity contribution in [2.24, 2.45) is 0 Å². The summed E-state index contributed by atoms with van der Waals surface area (Å²) in [5, 5.41) is 0. The van der Waals surface area contributed by atoms with Crippen LogP contribution in [0.4, 0.5) is 0 Å². The molecule has 0 N–H and O–H groups in total. The summed E-state index contributed by atoms with van der Waals surface area (Å²) in [5.74, 6) is 0.861. The molecule has 0 atom stereocenters. The molecule has 0 bridgehead atoms. The van der Waals surface area contributed by atoms with Gasteiger partial charge >= 0.3 is 5.97 Å². The standard InChI is InChI=1S/C14H24O4Si2/c1-16-11-8-9-13(17-19(2,3)4)12(10-11)14(15)18-20(5,6)7/h8-10H,1-7H3. The van der Waals surface area contributed by atoms with Gasteiger partial charge in [0.1, 0.15) is 17.1 Å². The molecule has 0 fully saturated rings. The number of carbonyl (C=O) groups excluding carboxylic acids is 1. The normalized spacial score (nSPS) is 11.9. The summed E-state index contributed by atoms with van der Waals surface area (Å²) in [6, 6.07) is 5.25. The van der Waals surface area contributed by atoms with E-state index in [2.05, 4.69) is 19.6 Å². The summed E-state index contributed by atoms with van der Waals surface area (Å²) >= 11 is 0. The van der Waals surface area contributed by atoms with Crippen molar-refractivity contribution in [1.29, 1.82) is 0 Å². The minimum atomic E-state index is -1.95. The van der Waals surface area contributed by atoms with Gasteiger partial charge < -0.3 is 13.6 Å². The van der Waals surface area contributed by atoms with Crippen LogP contribution in [-0.2, 0) is 4.43 Å². The van der Waals surface area contributed by atoms with Gasteiger partial charge in [0.25, 0.3) is 0 Å². The largest absolute Gasteiger partial charge is 0.544 e. The average molecular weight is 313 g/mol. The van der Waals surface area contributed by atoms with Gasteiger partial charge in [-0.25, -0.2) is 4.79 Å². The minimum Gasteiger partial charge on any atom is -0.544 e. The van der Waals surface area contributed by atoms with E-state index in [1.807, 2.05) is 19.6 Å². The number of carbonyl (C=O) groups is 1. The molecule has 1 aromatic carbocycles. The van der Waals surface area contributed by atoms with E-state index in [4.69, 9.17) is 13.6 Å². The Morgan fingerprint density at radius 1 is 1.00 bits per heavy atom. The van der Waals surface area contributed by atoms with Crippen LogP contribution in [0.25, 0.3) is 0 Å². The van der Waals surface area contributed by atoms with E-state index >= 15 is 0 Å². The van der Waals surface area contributed by atoms with Crippen LogP contribution in [-0.4, -0.2) is 29.7 Å². The first kappa shape index (κ1) is 16.8. The maximum atomic E-state index is 12.3. The fraction of sp³-hybridized carbons (Fsp3) is 0.500. The van der Waals surface area contributed by atoms with Crippen LogP contribution in [0.2, 0.25) is 39.3 Å². The van der Waals surface area contributed by atoms with Gasteiger partial charge in [0.15, 0.2) is 0 Å². The maximum absolute atomic E-state index is 12.3. The van der Waals surface area contributed by atoms with Gasteiger partial charge in [-0.3, -0.25) is 0 Å². The van der Waals surface area contributed by atoms with Crippen molar-refractivity contribution in [1.82, 2.24) is 0 Å². The summed E-state index contributed by atoms with van der Waals surface area (Å²) in [7, 11) is -2.17. The summed E-state index contributed by atoms with van der Waals surface area (Å²) in [6.07, 6.45) is 0. The van der Waals surface area contributed by atoms with E-state index < -0.39 is 16.6 Å². The van der Waals surface area contributed by atoms with E-state index in [1.165, 1.54) is 0 Å². The van der Waals surface area contributed by atoms with Crippen LogP contribution < -0.4 is 9.16 Å². The second kappa shape index (κ2) is 6.01. The van der Waals surface area contributed by atoms with Crippen molar-refractivity contribution in [2.45, 2.75) is 39.3 Å². The first-order valence-corrected chi connectivity index (χ1v) is 13.4. The molecule has 0 aliphatic rings. The number of rotatable bonds is 5. The molecule has 1 aromatic rings. The predicted octanol–water partition coefficient (Wildman–Crippen LogP) is 3.90. The molecule has 0 aliphatic heterocycles. The van der Waals surface area contributed by atoms with Crippen LogP contribution in [0.5, 0.6) is 11.5 Å². The minimum absolute atomic E-state index is 0.337. The highest BCUT2D eigenvalue weighted by atomic mass is 28.4. The van der Waals surface area contributed by atoms with Gasteiger partial charge in [-0.15, -0.1) is 0 Å². The lowest BCUT2D eigenvalue weighted by atomic mass is 10.2. The molecule has 0 unspecified atom stereocenters. The Kier molecular flexibility index (Phi) is 5.04. The number of benzene rings is 1. The van der Waals surface area contributed by atoms with Crippen molar-refractivity contribution in [3.8, 4) is 11.5 Å². The average Bonchev–Trinajstić information content (AvgIpc) is 2.25. The Morgan fingerprint density at radius 3 is 2.05 bits per heavy atom. The monoisotopic (exact) mass is 312 g/mol. The topological polar surface area (TPSA) is 44.8 Å². The maximum Gasteiger partial charge on any atom is 0.328 e. The zero-order chi connectivity index (χ0) is 15.6. The van der Waals surface area contributed by atoms with E-state index in [0.29, 0.717) is 17.1 Å². The highest BCUT2D eigenvalue weighted by molar-refractivity contribution is 6.71. The van der Waals surface area contributed by atoms with E-state index in [-0.39, 0.29) is 5.97 Å². The molecule has 0 amide bonds. The smallest absolute Gasteiger partial charge is 0.328 e. The van der Waals surface area contributed by atoms with Gasteiger partial charge in [-0.05, 0) is 57.5 Å². The molecule has 0 heterocycles. The molecule has 0 saturated carbocycles. The molecule has 0 aliphatic carbocycles. The Morgan fingerprint density at radius 2 is 1.60 bits per heavy atom. The molecule has 0 spiro atoms. The summed E-state index contributed by atoms with van der Waals surface area (Å²) in [4.78, 5) is 12.3. The third-order valence-electron chi connectivity index (χ3n) is 2.22. The molecule has 0 radical (unpaired) electrons. The fourth-order valence-corrected chi connectivity index (χ4v) is 3.05. The molecular formula is C14H24O4Si2. The predicted molar refractivity (Wildman–Crippen MR) is 85.7 cm³/mol. The number of ether oxygens (including phenoxy) is 1. The van der Waals surface area contributed by atoms with E-state index in [1.54, 1.807) is 25.3 Å². The molecular weight excluding hydrogens is 288 g/mol. The Hall–Kier alpha value is -1.28. The SMILES string of the molecule is COc1ccc(O[Si](C)(C)C)c(C(=O)O[Si](C)(C)C)c1. The number of hydrogen-bond acceptors (Lipinski definition) is 4. The van der Waals surface area contributed by atoms with Crippen LogP contribution in [0.1, 0.15) is 10.4 Å². The summed E-state index contributed by atoms with van der Waals surface area (Å²) < 4.78 is 16.7. The van der Waals surface area contributed by atoms with Gasteiger partial charge in [-0.2, -0.15) is 0 Å². The highest BCUT2D eigenvalue weighted by Gasteiger charge is 2.26. The van der Waals surface area contributed by atoms with E-state index in [0.717, 1.165) is 0 Å². The number of methoxy groups -OCH3 is 1. The third-order valence-corrected chi connectivity index (χ3v) is 3.85. The van der Waals surface area contributed by atoms with Crippen molar-refractivity contribution >= 4 is 22.6 Å². The van der Waals surface area contributed by atoms with Crippen molar-refractivity contribution in [3.05, 3.63) is 23.8 Å². The van der Waals surface area contributed by atoms with Gasteiger partial charge in [-0.1, -0.05) is 0 Å². The molecule has 20 heavy (non-hydrogen) atoms. The summed E-state index contributed by atoms with van der Waals surface area (Å²) in [5.41, 5.74) is 0.439. The highest BCUT2D eigenvalue weighted by Crippen LogP contribution is 2.28. The fourth-order valence-electron chi connectivity index (χ4n) is 1.55. The Balaban J connectivity index is 3.16. The lowest BCUT2D eigenvalue weighted by molar-refractivity contribution is 0.0722. The van der Waals surface area contributed by atoms with E-state index in [9.17, 15) is 4.79 Å². The van der Waals surface area contributed by atoms with Crippen LogP contribution in [0, 0.1) is 0 Å². The van der Waals surface area contributed by atoms with Gasteiger partial charge in [0, 0.05) is 0 Å². The molecule has 1 rings (SSSR count). The van der Waals surface area contributed by atoms with Gasteiger partial charge in [0.05, 0.1) is 7.11 Å². The molecule has 6 heteroatoms. The van der Waals surface area contributed by atoms with Crippen molar-refractivity contribution in [3.63, 3.8) is 0 Å². The second-order valence-electron chi connectivity index (χ2n) is 6.58. The number of hydrogen-bond donors (Lipinski definition) is 0. The second-order valence-corrected chi connectivity index (χ2v) is 15.4. The zero-order valence-corrected chi connectivity index (χ0v) is 15.4. The Labute approximate surface area is 123 Å². The third kappa shape index (κ3) is 5.38. The zero-order valence-electron chi connectivity index (χ0n) is 13.4. The van der Waals surface area contributed by atoms with Crippen LogP contribution in [0.3, 0.4) is 0 Å². The summed E-state index contributed by atoms with van der Waals surface area (Å²) in [6.45, 7) is 12.2. The Bertz CT molecular complexity index is 487. The molecule has 0 saturated heterocycles. The van der Waals surface area contributed by atoms with Crippen LogP contribution >= 0.6 is 0 Å². The van der Waals surface area contributed by atoms with Crippen LogP contribution in [0.15, 0.2) is 18.2 Å². The van der Waals surface area contributed by atoms with Gasteiger partial charge in [0.2, 0.25) is 16.6 Å².